The lowest BCUT2D eigenvalue weighted by molar-refractivity contribution is -0.160. The standard InChI is InChI=1S/C22H26ClFN2O2/c23-16-3-4-18(17(24)9-16)25-20(27)19-2-1-5-26(19)21(28)22-10-13-6-14(11-22)8-15(7-13)12-22/h3-4,9,13-15,19H,1-2,5-8,10-12H2,(H,25,27)/t13?,14?,15?,19-,22?/m1/s1. The average Bonchev–Trinajstić information content (AvgIpc) is 3.12. The highest BCUT2D eigenvalue weighted by atomic mass is 35.5. The second-order valence-corrected chi connectivity index (χ2v) is 9.90. The Morgan fingerprint density at radius 1 is 1.11 bits per heavy atom. The minimum atomic E-state index is -0.558. The number of rotatable bonds is 3. The predicted octanol–water partition coefficient (Wildman–Crippen LogP) is 4.63. The molecule has 150 valence electrons. The zero-order chi connectivity index (χ0) is 19.5. The molecular weight excluding hydrogens is 379 g/mol. The van der Waals surface area contributed by atoms with E-state index in [0.29, 0.717) is 30.7 Å². The van der Waals surface area contributed by atoms with Crippen molar-refractivity contribution in [2.75, 3.05) is 11.9 Å². The Labute approximate surface area is 169 Å². The largest absolute Gasteiger partial charge is 0.330 e. The molecule has 1 saturated heterocycles. The lowest BCUT2D eigenvalue weighted by Gasteiger charge is -2.56. The van der Waals surface area contributed by atoms with Gasteiger partial charge in [-0.05, 0) is 87.3 Å². The van der Waals surface area contributed by atoms with E-state index in [0.717, 1.165) is 25.7 Å². The van der Waals surface area contributed by atoms with Gasteiger partial charge >= 0.3 is 0 Å². The van der Waals surface area contributed by atoms with Gasteiger partial charge < -0.3 is 10.2 Å². The molecule has 28 heavy (non-hydrogen) atoms. The first kappa shape index (κ1) is 18.4. The summed E-state index contributed by atoms with van der Waals surface area (Å²) in [5.74, 6) is 1.39. The van der Waals surface area contributed by atoms with Gasteiger partial charge in [-0.15, -0.1) is 0 Å². The molecule has 0 unspecified atom stereocenters. The lowest BCUT2D eigenvalue weighted by atomic mass is 9.49. The second-order valence-electron chi connectivity index (χ2n) is 9.47. The van der Waals surface area contributed by atoms with Crippen LogP contribution in [0.1, 0.15) is 51.4 Å². The maximum atomic E-state index is 14.1. The Morgan fingerprint density at radius 2 is 1.75 bits per heavy atom. The van der Waals surface area contributed by atoms with Crippen molar-refractivity contribution in [3.8, 4) is 0 Å². The van der Waals surface area contributed by atoms with E-state index in [2.05, 4.69) is 5.32 Å². The molecule has 5 fully saturated rings. The minimum absolute atomic E-state index is 0.114. The summed E-state index contributed by atoms with van der Waals surface area (Å²) in [4.78, 5) is 28.3. The van der Waals surface area contributed by atoms with Gasteiger partial charge in [0.1, 0.15) is 11.9 Å². The van der Waals surface area contributed by atoms with Gasteiger partial charge in [0.25, 0.3) is 0 Å². The van der Waals surface area contributed by atoms with Crippen LogP contribution in [0.4, 0.5) is 10.1 Å². The highest BCUT2D eigenvalue weighted by Gasteiger charge is 2.56. The third kappa shape index (κ3) is 3.02. The Bertz CT molecular complexity index is 791. The molecule has 1 aromatic carbocycles. The van der Waals surface area contributed by atoms with Crippen molar-refractivity contribution in [2.24, 2.45) is 23.2 Å². The summed E-state index contributed by atoms with van der Waals surface area (Å²) in [7, 11) is 0. The van der Waals surface area contributed by atoms with Crippen LogP contribution in [-0.2, 0) is 9.59 Å². The van der Waals surface area contributed by atoms with Crippen LogP contribution >= 0.6 is 11.6 Å². The molecule has 1 aliphatic heterocycles. The van der Waals surface area contributed by atoms with Crippen molar-refractivity contribution < 1.29 is 14.0 Å². The summed E-state index contributed by atoms with van der Waals surface area (Å²) in [5.41, 5.74) is -0.133. The van der Waals surface area contributed by atoms with Crippen LogP contribution in [0.5, 0.6) is 0 Å². The molecule has 6 heteroatoms. The number of halogens is 2. The van der Waals surface area contributed by atoms with Crippen LogP contribution < -0.4 is 5.32 Å². The molecule has 0 spiro atoms. The van der Waals surface area contributed by atoms with Crippen molar-refractivity contribution in [1.82, 2.24) is 4.90 Å². The number of hydrogen-bond donors (Lipinski definition) is 1. The molecule has 0 aromatic heterocycles. The topological polar surface area (TPSA) is 49.4 Å². The first-order valence-corrected chi connectivity index (χ1v) is 10.9. The van der Waals surface area contributed by atoms with E-state index >= 15 is 0 Å². The first-order chi connectivity index (χ1) is 13.4. The lowest BCUT2D eigenvalue weighted by Crippen LogP contribution is -2.56. The molecule has 0 radical (unpaired) electrons. The van der Waals surface area contributed by atoms with Crippen LogP contribution in [0.25, 0.3) is 0 Å². The third-order valence-electron chi connectivity index (χ3n) is 7.50. The summed E-state index contributed by atoms with van der Waals surface area (Å²) < 4.78 is 14.1. The zero-order valence-electron chi connectivity index (χ0n) is 15.9. The second kappa shape index (κ2) is 6.72. The molecular formula is C22H26ClFN2O2. The third-order valence-corrected chi connectivity index (χ3v) is 7.73. The number of carbonyl (C=O) groups excluding carboxylic acids is 2. The van der Waals surface area contributed by atoms with Crippen molar-refractivity contribution in [3.63, 3.8) is 0 Å². The Morgan fingerprint density at radius 3 is 2.36 bits per heavy atom. The number of carbonyl (C=O) groups is 2. The number of nitrogens with zero attached hydrogens (tertiary/aromatic N) is 1. The van der Waals surface area contributed by atoms with Crippen molar-refractivity contribution in [1.29, 1.82) is 0 Å². The number of hydrogen-bond acceptors (Lipinski definition) is 2. The van der Waals surface area contributed by atoms with Crippen LogP contribution in [0.15, 0.2) is 18.2 Å². The molecule has 4 aliphatic carbocycles. The van der Waals surface area contributed by atoms with E-state index in [1.165, 1.54) is 31.4 Å². The molecule has 1 aromatic rings. The van der Waals surface area contributed by atoms with E-state index in [4.69, 9.17) is 11.6 Å². The van der Waals surface area contributed by atoms with Crippen LogP contribution in [0.3, 0.4) is 0 Å². The fourth-order valence-electron chi connectivity index (χ4n) is 6.77. The van der Waals surface area contributed by atoms with Gasteiger partial charge in [-0.25, -0.2) is 4.39 Å². The highest BCUT2D eigenvalue weighted by Crippen LogP contribution is 2.60. The molecule has 1 N–H and O–H groups in total. The Balaban J connectivity index is 1.34. The molecule has 6 rings (SSSR count). The summed E-state index contributed by atoms with van der Waals surface area (Å²) in [6.07, 6.45) is 8.29. The van der Waals surface area contributed by atoms with Crippen molar-refractivity contribution in [3.05, 3.63) is 29.0 Å². The van der Waals surface area contributed by atoms with Crippen LogP contribution in [0.2, 0.25) is 5.02 Å². The first-order valence-electron chi connectivity index (χ1n) is 10.5. The van der Waals surface area contributed by atoms with E-state index in [1.54, 1.807) is 11.0 Å². The van der Waals surface area contributed by atoms with Gasteiger partial charge in [0.05, 0.1) is 11.1 Å². The Hall–Kier alpha value is -1.62. The predicted molar refractivity (Wildman–Crippen MR) is 105 cm³/mol. The van der Waals surface area contributed by atoms with Gasteiger partial charge in [0, 0.05) is 11.6 Å². The molecule has 1 atom stereocenters. The minimum Gasteiger partial charge on any atom is -0.330 e. The van der Waals surface area contributed by atoms with E-state index in [9.17, 15) is 14.0 Å². The number of likely N-dealkylation sites (tertiary alicyclic amines) is 1. The maximum absolute atomic E-state index is 14.1. The monoisotopic (exact) mass is 404 g/mol. The highest BCUT2D eigenvalue weighted by molar-refractivity contribution is 6.30. The van der Waals surface area contributed by atoms with Gasteiger partial charge in [0.2, 0.25) is 11.8 Å². The fourth-order valence-corrected chi connectivity index (χ4v) is 6.93. The molecule has 4 nitrogen and oxygen atoms in total. The number of amides is 2. The summed E-state index contributed by atoms with van der Waals surface area (Å²) >= 11 is 5.79. The summed E-state index contributed by atoms with van der Waals surface area (Å²) in [5, 5.41) is 2.96. The SMILES string of the molecule is O=C(Nc1ccc(Cl)cc1F)[C@H]1CCCN1C(=O)C12CC3CC(CC(C3)C1)C2. The van der Waals surface area contributed by atoms with Gasteiger partial charge in [0.15, 0.2) is 0 Å². The Kier molecular flexibility index (Phi) is 4.42. The summed E-state index contributed by atoms with van der Waals surface area (Å²) in [6, 6.07) is 3.70. The summed E-state index contributed by atoms with van der Waals surface area (Å²) in [6.45, 7) is 0.627. The number of nitrogens with one attached hydrogen (secondary N) is 1. The quantitative estimate of drug-likeness (QED) is 0.798. The average molecular weight is 405 g/mol. The molecule has 4 saturated carbocycles. The number of benzene rings is 1. The van der Waals surface area contributed by atoms with Gasteiger partial charge in [-0.1, -0.05) is 11.6 Å². The fraction of sp³-hybridized carbons (Fsp3) is 0.636. The number of anilines is 1. The normalized spacial score (nSPS) is 36.0. The van der Waals surface area contributed by atoms with Crippen molar-refractivity contribution in [2.45, 2.75) is 57.4 Å². The van der Waals surface area contributed by atoms with E-state index in [-0.39, 0.29) is 27.9 Å². The van der Waals surface area contributed by atoms with E-state index in [1.807, 2.05) is 0 Å². The smallest absolute Gasteiger partial charge is 0.247 e. The van der Waals surface area contributed by atoms with Gasteiger partial charge in [-0.3, -0.25) is 9.59 Å². The zero-order valence-corrected chi connectivity index (χ0v) is 16.7. The van der Waals surface area contributed by atoms with Crippen LogP contribution in [-0.4, -0.2) is 29.3 Å². The van der Waals surface area contributed by atoms with Crippen LogP contribution in [0, 0.1) is 29.0 Å². The maximum Gasteiger partial charge on any atom is 0.247 e. The van der Waals surface area contributed by atoms with Crippen molar-refractivity contribution >= 4 is 29.1 Å². The molecule has 4 bridgehead atoms. The molecule has 2 amide bonds. The van der Waals surface area contributed by atoms with Gasteiger partial charge in [-0.2, -0.15) is 0 Å². The molecule has 5 aliphatic rings. The van der Waals surface area contributed by atoms with E-state index < -0.39 is 11.9 Å². The molecule has 1 heterocycles.